The van der Waals surface area contributed by atoms with Crippen LogP contribution in [0, 0.1) is 12.7 Å². The summed E-state index contributed by atoms with van der Waals surface area (Å²) in [5.41, 5.74) is 1.30. The van der Waals surface area contributed by atoms with Gasteiger partial charge in [-0.25, -0.2) is 4.39 Å². The number of hydrogen-bond donors (Lipinski definition) is 1. The third-order valence-electron chi connectivity index (χ3n) is 4.08. The van der Waals surface area contributed by atoms with Crippen LogP contribution in [-0.2, 0) is 11.2 Å². The highest BCUT2D eigenvalue weighted by Gasteiger charge is 2.25. The number of halogens is 1. The van der Waals surface area contributed by atoms with E-state index in [9.17, 15) is 19.1 Å². The second kappa shape index (κ2) is 6.35. The number of carbonyl (C=O) groups excluding carboxylic acids is 1. The zero-order valence-electron chi connectivity index (χ0n) is 13.6. The summed E-state index contributed by atoms with van der Waals surface area (Å²) in [5, 5.41) is 9.26. The van der Waals surface area contributed by atoms with E-state index in [1.54, 1.807) is 25.1 Å². The minimum absolute atomic E-state index is 0.00681. The van der Waals surface area contributed by atoms with Crippen LogP contribution in [0.2, 0.25) is 0 Å². The van der Waals surface area contributed by atoms with Gasteiger partial charge in [0.1, 0.15) is 0 Å². The molecule has 128 valence electrons. The molecular weight excluding hydrogens is 327 g/mol. The first-order valence-electron chi connectivity index (χ1n) is 7.48. The lowest BCUT2D eigenvalue weighted by Gasteiger charge is -2.08. The number of carboxylic acid groups (broad SMARTS) is 1. The van der Waals surface area contributed by atoms with Gasteiger partial charge in [-0.15, -0.1) is 0 Å². The van der Waals surface area contributed by atoms with Crippen molar-refractivity contribution in [3.8, 4) is 5.75 Å². The number of carbonyl (C=O) groups is 2. The monoisotopic (exact) mass is 342 g/mol. The minimum Gasteiger partial charge on any atom is -0.494 e. The number of rotatable bonds is 4. The summed E-state index contributed by atoms with van der Waals surface area (Å²) in [5.74, 6) is -2.18. The van der Waals surface area contributed by atoms with Gasteiger partial charge < -0.3 is 9.84 Å². The van der Waals surface area contributed by atoms with E-state index in [1.165, 1.54) is 30.1 Å². The second-order valence-electron chi connectivity index (χ2n) is 5.49. The molecule has 25 heavy (non-hydrogen) atoms. The summed E-state index contributed by atoms with van der Waals surface area (Å²) >= 11 is 0. The van der Waals surface area contributed by atoms with Crippen molar-refractivity contribution in [2.45, 2.75) is 13.3 Å². The molecule has 2 heterocycles. The van der Waals surface area contributed by atoms with Crippen molar-refractivity contribution in [1.82, 2.24) is 9.55 Å². The average molecular weight is 342 g/mol. The SMILES string of the molecule is COc1ccc2c(c1F)c(CC(=O)O)c(C)n2C(=O)c1ccncc1. The maximum absolute atomic E-state index is 14.8. The molecule has 0 aliphatic carbocycles. The third-order valence-corrected chi connectivity index (χ3v) is 4.08. The van der Waals surface area contributed by atoms with Crippen molar-refractivity contribution in [2.24, 2.45) is 0 Å². The first-order chi connectivity index (χ1) is 12.0. The molecule has 3 aromatic rings. The van der Waals surface area contributed by atoms with E-state index in [4.69, 9.17) is 4.74 Å². The van der Waals surface area contributed by atoms with Crippen LogP contribution in [0.25, 0.3) is 10.9 Å². The highest BCUT2D eigenvalue weighted by molar-refractivity contribution is 6.05. The third kappa shape index (κ3) is 2.73. The van der Waals surface area contributed by atoms with Gasteiger partial charge in [-0.2, -0.15) is 0 Å². The van der Waals surface area contributed by atoms with Crippen molar-refractivity contribution in [1.29, 1.82) is 0 Å². The van der Waals surface area contributed by atoms with Crippen molar-refractivity contribution >= 4 is 22.8 Å². The Kier molecular flexibility index (Phi) is 4.22. The first-order valence-corrected chi connectivity index (χ1v) is 7.48. The number of nitrogens with zero attached hydrogens (tertiary/aromatic N) is 2. The van der Waals surface area contributed by atoms with Crippen molar-refractivity contribution in [3.05, 3.63) is 59.3 Å². The molecule has 0 atom stereocenters. The molecule has 7 heteroatoms. The Morgan fingerprint density at radius 2 is 1.92 bits per heavy atom. The number of fused-ring (bicyclic) bond motifs is 1. The van der Waals surface area contributed by atoms with Crippen molar-refractivity contribution < 1.29 is 23.8 Å². The van der Waals surface area contributed by atoms with Gasteiger partial charge in [0, 0.05) is 29.0 Å². The molecule has 0 spiro atoms. The Morgan fingerprint density at radius 1 is 1.24 bits per heavy atom. The Labute approximate surface area is 142 Å². The van der Waals surface area contributed by atoms with E-state index in [0.717, 1.165) is 0 Å². The lowest BCUT2D eigenvalue weighted by atomic mass is 10.1. The topological polar surface area (TPSA) is 81.4 Å². The van der Waals surface area contributed by atoms with Crippen LogP contribution in [-0.4, -0.2) is 33.6 Å². The molecule has 3 rings (SSSR count). The van der Waals surface area contributed by atoms with Gasteiger partial charge in [0.2, 0.25) is 0 Å². The fraction of sp³-hybridized carbons (Fsp3) is 0.167. The van der Waals surface area contributed by atoms with Crippen LogP contribution in [0.3, 0.4) is 0 Å². The average Bonchev–Trinajstić information content (AvgIpc) is 2.87. The Bertz CT molecular complexity index is 980. The fourth-order valence-corrected chi connectivity index (χ4v) is 2.93. The highest BCUT2D eigenvalue weighted by atomic mass is 19.1. The molecule has 0 bridgehead atoms. The lowest BCUT2D eigenvalue weighted by Crippen LogP contribution is -2.14. The number of methoxy groups -OCH3 is 1. The predicted octanol–water partition coefficient (Wildman–Crippen LogP) is 2.81. The van der Waals surface area contributed by atoms with Gasteiger partial charge >= 0.3 is 5.97 Å². The summed E-state index contributed by atoms with van der Waals surface area (Å²) in [6.45, 7) is 1.60. The molecule has 0 amide bonds. The molecule has 6 nitrogen and oxygen atoms in total. The normalized spacial score (nSPS) is 10.8. The fourth-order valence-electron chi connectivity index (χ4n) is 2.93. The van der Waals surface area contributed by atoms with Gasteiger partial charge in [0.25, 0.3) is 5.91 Å². The molecule has 0 fully saturated rings. The summed E-state index contributed by atoms with van der Waals surface area (Å²) < 4.78 is 21.1. The predicted molar refractivity (Wildman–Crippen MR) is 88.5 cm³/mol. The molecule has 1 aromatic carbocycles. The second-order valence-corrected chi connectivity index (χ2v) is 5.49. The van der Waals surface area contributed by atoms with Gasteiger partial charge in [-0.05, 0) is 36.8 Å². The molecular formula is C18H15FN2O4. The Morgan fingerprint density at radius 3 is 2.52 bits per heavy atom. The maximum atomic E-state index is 14.8. The number of benzene rings is 1. The molecule has 2 aromatic heterocycles. The number of carboxylic acids is 1. The van der Waals surface area contributed by atoms with E-state index in [0.29, 0.717) is 16.8 Å². The van der Waals surface area contributed by atoms with E-state index in [1.807, 2.05) is 0 Å². The molecule has 1 N–H and O–H groups in total. The van der Waals surface area contributed by atoms with Crippen LogP contribution in [0.5, 0.6) is 5.75 Å². The molecule has 0 radical (unpaired) electrons. The minimum atomic E-state index is -1.11. The quantitative estimate of drug-likeness (QED) is 0.788. The van der Waals surface area contributed by atoms with E-state index in [-0.39, 0.29) is 22.6 Å². The molecule has 0 saturated carbocycles. The van der Waals surface area contributed by atoms with Crippen LogP contribution >= 0.6 is 0 Å². The largest absolute Gasteiger partial charge is 0.494 e. The van der Waals surface area contributed by atoms with Crippen molar-refractivity contribution in [2.75, 3.05) is 7.11 Å². The zero-order valence-corrected chi connectivity index (χ0v) is 13.6. The molecule has 0 unspecified atom stereocenters. The highest BCUT2D eigenvalue weighted by Crippen LogP contribution is 2.34. The van der Waals surface area contributed by atoms with Gasteiger partial charge in [-0.1, -0.05) is 0 Å². The molecule has 0 aliphatic rings. The van der Waals surface area contributed by atoms with E-state index >= 15 is 0 Å². The van der Waals surface area contributed by atoms with Gasteiger partial charge in [0.15, 0.2) is 11.6 Å². The van der Waals surface area contributed by atoms with E-state index < -0.39 is 18.2 Å². The number of pyridine rings is 1. The number of hydrogen-bond acceptors (Lipinski definition) is 4. The first kappa shape index (κ1) is 16.6. The van der Waals surface area contributed by atoms with Crippen molar-refractivity contribution in [3.63, 3.8) is 0 Å². The zero-order chi connectivity index (χ0) is 18.1. The lowest BCUT2D eigenvalue weighted by molar-refractivity contribution is -0.136. The smallest absolute Gasteiger partial charge is 0.307 e. The Hall–Kier alpha value is -3.22. The van der Waals surface area contributed by atoms with Crippen LogP contribution in [0.4, 0.5) is 4.39 Å². The van der Waals surface area contributed by atoms with Crippen LogP contribution < -0.4 is 4.74 Å². The summed E-state index contributed by atoms with van der Waals surface area (Å²) in [7, 11) is 1.33. The van der Waals surface area contributed by atoms with Crippen LogP contribution in [0.15, 0.2) is 36.7 Å². The number of aromatic nitrogens is 2. The van der Waals surface area contributed by atoms with Gasteiger partial charge in [-0.3, -0.25) is 19.1 Å². The maximum Gasteiger partial charge on any atom is 0.307 e. The van der Waals surface area contributed by atoms with E-state index in [2.05, 4.69) is 4.98 Å². The molecule has 0 aliphatic heterocycles. The summed E-state index contributed by atoms with van der Waals surface area (Å²) in [6.07, 6.45) is 2.56. The summed E-state index contributed by atoms with van der Waals surface area (Å²) in [6, 6.07) is 6.06. The van der Waals surface area contributed by atoms with Crippen LogP contribution in [0.1, 0.15) is 21.6 Å². The number of ether oxygens (including phenoxy) is 1. The number of aliphatic carboxylic acids is 1. The molecule has 0 saturated heterocycles. The standard InChI is InChI=1S/C18H15FN2O4/c1-10-12(9-15(22)23)16-13(3-4-14(25-2)17(16)19)21(10)18(24)11-5-7-20-8-6-11/h3-8H,9H2,1-2H3,(H,22,23). The Balaban J connectivity index is 2.33. The van der Waals surface area contributed by atoms with Gasteiger partial charge in [0.05, 0.1) is 19.0 Å². The summed E-state index contributed by atoms with van der Waals surface area (Å²) in [4.78, 5) is 28.0.